The summed E-state index contributed by atoms with van der Waals surface area (Å²) in [4.78, 5) is 0. The zero-order valence-electron chi connectivity index (χ0n) is 8.34. The van der Waals surface area contributed by atoms with Crippen LogP contribution in [-0.4, -0.2) is 11.3 Å². The van der Waals surface area contributed by atoms with E-state index in [4.69, 9.17) is 9.52 Å². The van der Waals surface area contributed by atoms with Gasteiger partial charge in [0, 0.05) is 10.6 Å². The monoisotopic (exact) mass is 253 g/mol. The van der Waals surface area contributed by atoms with Crippen LogP contribution in [0.15, 0.2) is 18.2 Å². The van der Waals surface area contributed by atoms with E-state index in [1.54, 1.807) is 0 Å². The molecule has 0 radical (unpaired) electrons. The Morgan fingerprint density at radius 3 is 2.50 bits per heavy atom. The van der Waals surface area contributed by atoms with Gasteiger partial charge in [-0.15, -0.1) is 0 Å². The lowest BCUT2D eigenvalue weighted by Crippen LogP contribution is -2.09. The first-order valence-corrected chi connectivity index (χ1v) is 5.69. The van der Waals surface area contributed by atoms with Gasteiger partial charge < -0.3 is 4.74 Å². The van der Waals surface area contributed by atoms with Crippen LogP contribution in [0.4, 0.5) is 13.2 Å². The summed E-state index contributed by atoms with van der Waals surface area (Å²) in [5, 5.41) is 0. The van der Waals surface area contributed by atoms with Crippen molar-refractivity contribution >= 4 is 10.6 Å². The van der Waals surface area contributed by atoms with E-state index >= 15 is 0 Å². The Kier molecular flexibility index (Phi) is 3.79. The summed E-state index contributed by atoms with van der Waals surface area (Å²) in [6.07, 6.45) is -4.53. The van der Waals surface area contributed by atoms with Gasteiger partial charge in [0.1, 0.15) is 5.75 Å². The molecule has 0 heterocycles. The highest BCUT2D eigenvalue weighted by atomic mass is 32.2. The van der Waals surface area contributed by atoms with Crippen LogP contribution in [0, 0.1) is 4.78 Å². The Morgan fingerprint density at radius 1 is 1.44 bits per heavy atom. The molecule has 0 saturated heterocycles. The second-order valence-corrected chi connectivity index (χ2v) is 4.13. The summed E-state index contributed by atoms with van der Waals surface area (Å²) >= 11 is 0. The third kappa shape index (κ3) is 3.13. The molecule has 1 aromatic rings. The molecular weight excluding hydrogens is 243 g/mol. The zero-order chi connectivity index (χ0) is 12.3. The van der Waals surface area contributed by atoms with E-state index in [1.807, 2.05) is 0 Å². The van der Waals surface area contributed by atoms with Crippen LogP contribution in [0.3, 0.4) is 0 Å². The molecule has 90 valence electrons. The van der Waals surface area contributed by atoms with Gasteiger partial charge in [0.25, 0.3) is 0 Å². The summed E-state index contributed by atoms with van der Waals surface area (Å²) < 4.78 is 60.0. The first-order chi connectivity index (χ1) is 7.34. The van der Waals surface area contributed by atoms with E-state index in [9.17, 15) is 17.4 Å². The molecule has 16 heavy (non-hydrogen) atoms. The molecule has 1 unspecified atom stereocenters. The largest absolute Gasteiger partial charge is 0.497 e. The van der Waals surface area contributed by atoms with E-state index in [1.165, 1.54) is 19.2 Å². The minimum atomic E-state index is -4.53. The molecule has 0 bridgehead atoms. The van der Waals surface area contributed by atoms with Gasteiger partial charge in [-0.2, -0.15) is 13.2 Å². The van der Waals surface area contributed by atoms with Crippen LogP contribution in [0.25, 0.3) is 0 Å². The van der Waals surface area contributed by atoms with Gasteiger partial charge in [-0.1, -0.05) is 6.07 Å². The molecule has 0 spiro atoms. The summed E-state index contributed by atoms with van der Waals surface area (Å²) in [6.45, 7) is 0. The maximum Gasteiger partial charge on any atom is 0.416 e. The van der Waals surface area contributed by atoms with E-state index in [2.05, 4.69) is 0 Å². The molecule has 0 amide bonds. The fourth-order valence-corrected chi connectivity index (χ4v) is 1.82. The second-order valence-electron chi connectivity index (χ2n) is 3.06. The fraction of sp³-hybridized carbons (Fsp3) is 0.333. The fourth-order valence-electron chi connectivity index (χ4n) is 1.24. The maximum absolute atomic E-state index is 12.6. The molecule has 0 aliphatic heterocycles. The first kappa shape index (κ1) is 12.8. The Bertz CT molecular complexity index is 447. The number of hydrogen-bond acceptors (Lipinski definition) is 3. The van der Waals surface area contributed by atoms with Gasteiger partial charge in [0.15, 0.2) is 0 Å². The summed E-state index contributed by atoms with van der Waals surface area (Å²) in [6, 6.07) is 3.38. The number of halogens is 3. The standard InChI is InChI=1S/C9H10F3NO2S/c1-15-7-3-2-6(5-16(13)14)8(4-7)9(10,11)12/h2-4,13,16H,5H2,1H3. The van der Waals surface area contributed by atoms with Gasteiger partial charge in [-0.25, -0.2) is 0 Å². The SMILES string of the molecule is COc1ccc(C[SH](=N)=O)c(C(F)(F)F)c1. The van der Waals surface area contributed by atoms with Crippen LogP contribution in [0.2, 0.25) is 0 Å². The molecule has 0 aliphatic carbocycles. The molecule has 7 heteroatoms. The lowest BCUT2D eigenvalue weighted by atomic mass is 10.1. The number of alkyl halides is 3. The van der Waals surface area contributed by atoms with Crippen LogP contribution in [-0.2, 0) is 22.5 Å². The van der Waals surface area contributed by atoms with Crippen molar-refractivity contribution in [3.63, 3.8) is 0 Å². The number of nitrogens with one attached hydrogen (secondary N) is 1. The number of hydrogen-bond donors (Lipinski definition) is 2. The lowest BCUT2D eigenvalue weighted by molar-refractivity contribution is -0.138. The maximum atomic E-state index is 12.6. The topological polar surface area (TPSA) is 50.1 Å². The quantitative estimate of drug-likeness (QED) is 0.813. The van der Waals surface area contributed by atoms with Crippen molar-refractivity contribution in [2.75, 3.05) is 7.11 Å². The molecule has 1 aromatic carbocycles. The molecule has 0 saturated carbocycles. The highest BCUT2D eigenvalue weighted by Crippen LogP contribution is 2.34. The smallest absolute Gasteiger partial charge is 0.416 e. The number of benzene rings is 1. The van der Waals surface area contributed by atoms with E-state index < -0.39 is 28.1 Å². The van der Waals surface area contributed by atoms with Crippen molar-refractivity contribution in [3.8, 4) is 5.75 Å². The summed E-state index contributed by atoms with van der Waals surface area (Å²) in [5.41, 5.74) is -1.05. The number of rotatable bonds is 3. The van der Waals surface area contributed by atoms with Crippen molar-refractivity contribution in [3.05, 3.63) is 29.3 Å². The van der Waals surface area contributed by atoms with Crippen LogP contribution >= 0.6 is 0 Å². The number of ether oxygens (including phenoxy) is 1. The van der Waals surface area contributed by atoms with Crippen molar-refractivity contribution in [1.29, 1.82) is 4.78 Å². The second kappa shape index (κ2) is 4.73. The Labute approximate surface area is 92.2 Å². The Hall–Kier alpha value is -1.24. The minimum Gasteiger partial charge on any atom is -0.497 e. The molecule has 0 aliphatic rings. The van der Waals surface area contributed by atoms with E-state index in [-0.39, 0.29) is 11.3 Å². The first-order valence-electron chi connectivity index (χ1n) is 4.24. The third-order valence-electron chi connectivity index (χ3n) is 1.94. The van der Waals surface area contributed by atoms with Crippen LogP contribution in [0.1, 0.15) is 11.1 Å². The van der Waals surface area contributed by atoms with E-state index in [0.29, 0.717) is 0 Å². The number of thiol groups is 1. The normalized spacial score (nSPS) is 13.5. The van der Waals surface area contributed by atoms with Crippen molar-refractivity contribution < 1.29 is 22.1 Å². The molecule has 0 aromatic heterocycles. The van der Waals surface area contributed by atoms with Gasteiger partial charge in [0.2, 0.25) is 0 Å². The highest BCUT2D eigenvalue weighted by molar-refractivity contribution is 7.72. The van der Waals surface area contributed by atoms with Crippen molar-refractivity contribution in [2.24, 2.45) is 0 Å². The molecular formula is C9H10F3NO2S. The molecule has 0 fully saturated rings. The van der Waals surface area contributed by atoms with Gasteiger partial charge in [0.05, 0.1) is 18.4 Å². The third-order valence-corrected chi connectivity index (χ3v) is 2.56. The molecule has 3 nitrogen and oxygen atoms in total. The van der Waals surface area contributed by atoms with Gasteiger partial charge in [-0.3, -0.25) is 8.99 Å². The predicted octanol–water partition coefficient (Wildman–Crippen LogP) is 2.46. The Balaban J connectivity index is 3.27. The van der Waals surface area contributed by atoms with Crippen molar-refractivity contribution in [2.45, 2.75) is 11.9 Å². The summed E-state index contributed by atoms with van der Waals surface area (Å²) in [5.74, 6) is -0.329. The molecule has 1 N–H and O–H groups in total. The molecule has 1 atom stereocenters. The van der Waals surface area contributed by atoms with Crippen LogP contribution < -0.4 is 4.74 Å². The lowest BCUT2D eigenvalue weighted by Gasteiger charge is -2.12. The van der Waals surface area contributed by atoms with Gasteiger partial charge in [-0.05, 0) is 17.7 Å². The highest BCUT2D eigenvalue weighted by Gasteiger charge is 2.33. The average molecular weight is 253 g/mol. The van der Waals surface area contributed by atoms with Gasteiger partial charge >= 0.3 is 6.18 Å². The average Bonchev–Trinajstić information content (AvgIpc) is 2.15. The molecule has 1 rings (SSSR count). The predicted molar refractivity (Wildman–Crippen MR) is 54.0 cm³/mol. The number of methoxy groups -OCH3 is 1. The minimum absolute atomic E-state index is 0.0799. The van der Waals surface area contributed by atoms with E-state index in [0.717, 1.165) is 6.07 Å². The zero-order valence-corrected chi connectivity index (χ0v) is 9.23. The van der Waals surface area contributed by atoms with Crippen molar-refractivity contribution in [1.82, 2.24) is 0 Å². The van der Waals surface area contributed by atoms with Crippen LogP contribution in [0.5, 0.6) is 5.75 Å². The Morgan fingerprint density at radius 2 is 2.06 bits per heavy atom. The summed E-state index contributed by atoms with van der Waals surface area (Å²) in [7, 11) is -1.13.